The quantitative estimate of drug-likeness (QED) is 0.853. The van der Waals surface area contributed by atoms with Crippen molar-refractivity contribution in [1.29, 1.82) is 0 Å². The number of hydrogen-bond donors (Lipinski definition) is 0. The van der Waals surface area contributed by atoms with Gasteiger partial charge in [-0.2, -0.15) is 0 Å². The molecule has 2 aromatic carbocycles. The molecule has 4 rings (SSSR count). The zero-order valence-corrected chi connectivity index (χ0v) is 15.1. The van der Waals surface area contributed by atoms with E-state index in [0.29, 0.717) is 6.61 Å². The smallest absolute Gasteiger partial charge is 0.229 e. The average molecular weight is 350 g/mol. The van der Waals surface area contributed by atoms with Crippen LogP contribution in [-0.4, -0.2) is 48.5 Å². The summed E-state index contributed by atoms with van der Waals surface area (Å²) in [5.74, 6) is 1.13. The highest BCUT2D eigenvalue weighted by Crippen LogP contribution is 2.28. The molecule has 2 aromatic rings. The first-order chi connectivity index (χ1) is 12.8. The van der Waals surface area contributed by atoms with Gasteiger partial charge in [0.2, 0.25) is 5.91 Å². The minimum absolute atomic E-state index is 0.0504. The number of amides is 1. The molecule has 136 valence electrons. The van der Waals surface area contributed by atoms with Crippen molar-refractivity contribution in [3.63, 3.8) is 0 Å². The zero-order chi connectivity index (χ0) is 17.8. The molecule has 4 nitrogen and oxygen atoms in total. The average Bonchev–Trinajstić information content (AvgIpc) is 2.93. The van der Waals surface area contributed by atoms with E-state index in [1.165, 1.54) is 5.56 Å². The Morgan fingerprint density at radius 1 is 0.962 bits per heavy atom. The van der Waals surface area contributed by atoms with Gasteiger partial charge in [0.25, 0.3) is 0 Å². The minimum atomic E-state index is -0.0504. The summed E-state index contributed by atoms with van der Waals surface area (Å²) in [6.07, 6.45) is 1.82. The predicted molar refractivity (Wildman–Crippen MR) is 102 cm³/mol. The molecule has 1 unspecified atom stereocenters. The van der Waals surface area contributed by atoms with Crippen molar-refractivity contribution >= 4 is 5.91 Å². The van der Waals surface area contributed by atoms with Crippen LogP contribution < -0.4 is 4.74 Å². The molecule has 4 heteroatoms. The van der Waals surface area contributed by atoms with Crippen molar-refractivity contribution < 1.29 is 9.53 Å². The third-order valence-corrected chi connectivity index (χ3v) is 5.38. The largest absolute Gasteiger partial charge is 0.492 e. The van der Waals surface area contributed by atoms with E-state index in [1.807, 2.05) is 23.1 Å². The Hall–Kier alpha value is -2.33. The summed E-state index contributed by atoms with van der Waals surface area (Å²) in [6, 6.07) is 18.6. The number of para-hydroxylation sites is 1. The maximum Gasteiger partial charge on any atom is 0.229 e. The van der Waals surface area contributed by atoms with Crippen LogP contribution in [0.5, 0.6) is 5.75 Å². The number of carbonyl (C=O) groups excluding carboxylic acids is 1. The van der Waals surface area contributed by atoms with Crippen molar-refractivity contribution in [2.75, 3.05) is 32.8 Å². The van der Waals surface area contributed by atoms with E-state index in [4.69, 9.17) is 4.74 Å². The van der Waals surface area contributed by atoms with Crippen LogP contribution in [0.1, 0.15) is 17.5 Å². The summed E-state index contributed by atoms with van der Waals surface area (Å²) >= 11 is 0. The van der Waals surface area contributed by atoms with Gasteiger partial charge in [0.15, 0.2) is 0 Å². The fourth-order valence-electron chi connectivity index (χ4n) is 3.94. The van der Waals surface area contributed by atoms with Gasteiger partial charge in [-0.3, -0.25) is 9.69 Å². The van der Waals surface area contributed by atoms with Gasteiger partial charge in [-0.15, -0.1) is 0 Å². The SMILES string of the molecule is O=C(C1COc2ccccc2C1)N1CCCN(Cc2ccccc2)CC1. The molecule has 0 aromatic heterocycles. The van der Waals surface area contributed by atoms with Crippen molar-refractivity contribution in [2.45, 2.75) is 19.4 Å². The van der Waals surface area contributed by atoms with E-state index >= 15 is 0 Å². The van der Waals surface area contributed by atoms with E-state index in [2.05, 4.69) is 41.3 Å². The van der Waals surface area contributed by atoms with Crippen LogP contribution in [0, 0.1) is 5.92 Å². The van der Waals surface area contributed by atoms with Gasteiger partial charge in [-0.1, -0.05) is 48.5 Å². The lowest BCUT2D eigenvalue weighted by atomic mass is 9.95. The Kier molecular flexibility index (Phi) is 5.21. The van der Waals surface area contributed by atoms with Crippen molar-refractivity contribution in [3.8, 4) is 5.75 Å². The molecule has 2 aliphatic heterocycles. The van der Waals surface area contributed by atoms with Crippen molar-refractivity contribution in [2.24, 2.45) is 5.92 Å². The van der Waals surface area contributed by atoms with Gasteiger partial charge in [0.1, 0.15) is 12.4 Å². The molecule has 0 spiro atoms. The summed E-state index contributed by atoms with van der Waals surface area (Å²) in [6.45, 7) is 5.10. The lowest BCUT2D eigenvalue weighted by molar-refractivity contribution is -0.136. The maximum atomic E-state index is 13.0. The molecule has 1 fully saturated rings. The lowest BCUT2D eigenvalue weighted by Crippen LogP contribution is -2.42. The van der Waals surface area contributed by atoms with E-state index < -0.39 is 0 Å². The van der Waals surface area contributed by atoms with Crippen LogP contribution in [0.3, 0.4) is 0 Å². The fourth-order valence-corrected chi connectivity index (χ4v) is 3.94. The summed E-state index contributed by atoms with van der Waals surface area (Å²) in [7, 11) is 0. The monoisotopic (exact) mass is 350 g/mol. The minimum Gasteiger partial charge on any atom is -0.492 e. The molecule has 0 N–H and O–H groups in total. The molecule has 0 bridgehead atoms. The first-order valence-corrected chi connectivity index (χ1v) is 9.55. The highest BCUT2D eigenvalue weighted by Gasteiger charge is 2.30. The van der Waals surface area contributed by atoms with Gasteiger partial charge in [0.05, 0.1) is 5.92 Å². The molecule has 1 atom stereocenters. The molecule has 0 radical (unpaired) electrons. The molecule has 2 aliphatic rings. The maximum absolute atomic E-state index is 13.0. The summed E-state index contributed by atoms with van der Waals surface area (Å²) in [5, 5.41) is 0. The number of nitrogens with zero attached hydrogens (tertiary/aromatic N) is 2. The van der Waals surface area contributed by atoms with Crippen LogP contribution in [0.2, 0.25) is 0 Å². The topological polar surface area (TPSA) is 32.8 Å². The van der Waals surface area contributed by atoms with Crippen LogP contribution in [0.25, 0.3) is 0 Å². The number of benzene rings is 2. The number of carbonyl (C=O) groups is 1. The van der Waals surface area contributed by atoms with Gasteiger partial charge in [-0.05, 0) is 30.0 Å². The molecule has 0 saturated carbocycles. The fraction of sp³-hybridized carbons (Fsp3) is 0.409. The van der Waals surface area contributed by atoms with Gasteiger partial charge >= 0.3 is 0 Å². The van der Waals surface area contributed by atoms with Crippen molar-refractivity contribution in [1.82, 2.24) is 9.80 Å². The summed E-state index contributed by atoms with van der Waals surface area (Å²) in [4.78, 5) is 17.5. The van der Waals surface area contributed by atoms with E-state index in [1.54, 1.807) is 0 Å². The predicted octanol–water partition coefficient (Wildman–Crippen LogP) is 2.97. The molecule has 26 heavy (non-hydrogen) atoms. The lowest BCUT2D eigenvalue weighted by Gasteiger charge is -2.29. The first kappa shape index (κ1) is 17.1. The number of rotatable bonds is 3. The molecular formula is C22H26N2O2. The van der Waals surface area contributed by atoms with E-state index in [0.717, 1.165) is 56.9 Å². The van der Waals surface area contributed by atoms with Crippen LogP contribution in [0.4, 0.5) is 0 Å². The van der Waals surface area contributed by atoms with Crippen LogP contribution in [0.15, 0.2) is 54.6 Å². The second-order valence-corrected chi connectivity index (χ2v) is 7.26. The Bertz CT molecular complexity index is 747. The molecule has 1 amide bonds. The zero-order valence-electron chi connectivity index (χ0n) is 15.1. The van der Waals surface area contributed by atoms with Crippen molar-refractivity contribution in [3.05, 3.63) is 65.7 Å². The second-order valence-electron chi connectivity index (χ2n) is 7.26. The van der Waals surface area contributed by atoms with E-state index in [-0.39, 0.29) is 11.8 Å². The Morgan fingerprint density at radius 2 is 1.77 bits per heavy atom. The Balaban J connectivity index is 1.35. The molecule has 0 aliphatic carbocycles. The standard InChI is InChI=1S/C22H26N2O2/c25-22(20-15-19-9-4-5-10-21(19)26-17-20)24-12-6-11-23(13-14-24)16-18-7-2-1-3-8-18/h1-5,7-10,20H,6,11-17H2. The third-order valence-electron chi connectivity index (χ3n) is 5.38. The number of hydrogen-bond acceptors (Lipinski definition) is 3. The number of fused-ring (bicyclic) bond motifs is 1. The summed E-state index contributed by atoms with van der Waals surface area (Å²) in [5.41, 5.74) is 2.49. The van der Waals surface area contributed by atoms with Gasteiger partial charge in [-0.25, -0.2) is 0 Å². The highest BCUT2D eigenvalue weighted by molar-refractivity contribution is 5.79. The van der Waals surface area contributed by atoms with Crippen LogP contribution in [-0.2, 0) is 17.8 Å². The Labute approximate surface area is 155 Å². The van der Waals surface area contributed by atoms with Crippen LogP contribution >= 0.6 is 0 Å². The second kappa shape index (κ2) is 7.92. The number of ether oxygens (including phenoxy) is 1. The summed E-state index contributed by atoms with van der Waals surface area (Å²) < 4.78 is 5.82. The molecule has 2 heterocycles. The van der Waals surface area contributed by atoms with Gasteiger partial charge in [0, 0.05) is 32.7 Å². The molecular weight excluding hydrogens is 324 g/mol. The molecule has 1 saturated heterocycles. The van der Waals surface area contributed by atoms with Gasteiger partial charge < -0.3 is 9.64 Å². The third kappa shape index (κ3) is 3.91. The van der Waals surface area contributed by atoms with E-state index in [9.17, 15) is 4.79 Å². The normalized spacial score (nSPS) is 20.8. The Morgan fingerprint density at radius 3 is 2.65 bits per heavy atom. The highest BCUT2D eigenvalue weighted by atomic mass is 16.5. The first-order valence-electron chi connectivity index (χ1n) is 9.55.